The molecule has 13 nitrogen and oxygen atoms in total. The van der Waals surface area contributed by atoms with E-state index < -0.39 is 26.0 Å². The molecule has 0 atom stereocenters. The topological polar surface area (TPSA) is 169 Å². The van der Waals surface area contributed by atoms with Crippen LogP contribution >= 0.6 is 11.6 Å². The van der Waals surface area contributed by atoms with Crippen molar-refractivity contribution in [1.29, 1.82) is 0 Å². The summed E-state index contributed by atoms with van der Waals surface area (Å²) in [6.07, 6.45) is 0. The van der Waals surface area contributed by atoms with Crippen LogP contribution in [0, 0.1) is 0 Å². The van der Waals surface area contributed by atoms with Gasteiger partial charge in [-0.15, -0.1) is 0 Å². The van der Waals surface area contributed by atoms with Crippen LogP contribution in [-0.4, -0.2) is 80.5 Å². The fraction of sp³-hybridized carbons (Fsp3) is 0.286. The van der Waals surface area contributed by atoms with E-state index in [9.17, 15) is 26.4 Å². The third-order valence-electron chi connectivity index (χ3n) is 6.20. The van der Waals surface area contributed by atoms with Gasteiger partial charge in [0.1, 0.15) is 0 Å². The first-order valence-electron chi connectivity index (χ1n) is 13.2. The minimum Gasteiger partial charge on any atom is -0.493 e. The standard InChI is InChI=1S/C25H27ClN4O7S2.C3H6O2/c1-36-23-15-21(22(16-24(23)37-2)29-38(32,33)19-7-3-17(26)4-8-19)25(31)28-18-5-9-20(10-6-18)39(34,35)30-13-11-27-12-14-30;1-2-5-3-4/h3-10,15-16,27,29H,11-14H2,1-2H3,(H,28,31);3H,2H2,1H3. The molecule has 238 valence electrons. The van der Waals surface area contributed by atoms with Gasteiger partial charge in [0.15, 0.2) is 11.5 Å². The first-order chi connectivity index (χ1) is 21.0. The number of carbonyl (C=O) groups is 2. The first kappa shape index (κ1) is 34.6. The van der Waals surface area contributed by atoms with Crippen LogP contribution in [0.15, 0.2) is 70.5 Å². The number of halogens is 1. The Kier molecular flexibility index (Phi) is 12.4. The van der Waals surface area contributed by atoms with Gasteiger partial charge in [0.05, 0.1) is 41.9 Å². The zero-order valence-corrected chi connectivity index (χ0v) is 26.6. The molecule has 1 heterocycles. The van der Waals surface area contributed by atoms with E-state index in [4.69, 9.17) is 21.1 Å². The monoisotopic (exact) mass is 668 g/mol. The molecule has 16 heteroatoms. The number of amides is 1. The molecule has 0 unspecified atom stereocenters. The number of anilines is 2. The van der Waals surface area contributed by atoms with Crippen molar-refractivity contribution in [3.8, 4) is 11.5 Å². The van der Waals surface area contributed by atoms with Gasteiger partial charge in [-0.25, -0.2) is 16.8 Å². The highest BCUT2D eigenvalue weighted by Crippen LogP contribution is 2.35. The molecule has 3 N–H and O–H groups in total. The normalized spacial score (nSPS) is 13.5. The van der Waals surface area contributed by atoms with Gasteiger partial charge in [-0.05, 0) is 61.5 Å². The smallest absolute Gasteiger partial charge is 0.293 e. The highest BCUT2D eigenvalue weighted by molar-refractivity contribution is 7.92. The number of nitrogens with one attached hydrogen (secondary N) is 3. The number of nitrogens with zero attached hydrogens (tertiary/aromatic N) is 1. The van der Waals surface area contributed by atoms with Crippen molar-refractivity contribution >= 4 is 55.4 Å². The Morgan fingerprint density at radius 2 is 1.50 bits per heavy atom. The number of piperazine rings is 1. The van der Waals surface area contributed by atoms with Gasteiger partial charge in [0.2, 0.25) is 10.0 Å². The number of ether oxygens (including phenoxy) is 3. The van der Waals surface area contributed by atoms with Crippen molar-refractivity contribution in [1.82, 2.24) is 9.62 Å². The number of hydrogen-bond donors (Lipinski definition) is 3. The van der Waals surface area contributed by atoms with Crippen LogP contribution in [0.1, 0.15) is 17.3 Å². The van der Waals surface area contributed by atoms with Gasteiger partial charge < -0.3 is 24.8 Å². The lowest BCUT2D eigenvalue weighted by Crippen LogP contribution is -2.46. The van der Waals surface area contributed by atoms with Crippen molar-refractivity contribution in [3.63, 3.8) is 0 Å². The number of hydrogen-bond acceptors (Lipinski definition) is 10. The quantitative estimate of drug-likeness (QED) is 0.258. The van der Waals surface area contributed by atoms with Crippen LogP contribution in [0.2, 0.25) is 5.02 Å². The van der Waals surface area contributed by atoms with Gasteiger partial charge in [0, 0.05) is 43.0 Å². The molecular formula is C28H33ClN4O9S2. The molecule has 44 heavy (non-hydrogen) atoms. The molecule has 1 amide bonds. The average Bonchev–Trinajstić information content (AvgIpc) is 3.02. The van der Waals surface area contributed by atoms with Crippen LogP contribution < -0.4 is 24.8 Å². The summed E-state index contributed by atoms with van der Waals surface area (Å²) in [4.78, 5) is 22.5. The molecular weight excluding hydrogens is 636 g/mol. The molecule has 1 saturated heterocycles. The fourth-order valence-corrected chi connectivity index (χ4v) is 6.62. The third-order valence-corrected chi connectivity index (χ3v) is 9.74. The Morgan fingerprint density at radius 1 is 0.932 bits per heavy atom. The van der Waals surface area contributed by atoms with Crippen molar-refractivity contribution in [2.24, 2.45) is 0 Å². The predicted octanol–water partition coefficient (Wildman–Crippen LogP) is 3.18. The van der Waals surface area contributed by atoms with E-state index in [-0.39, 0.29) is 32.5 Å². The molecule has 4 rings (SSSR count). The zero-order chi connectivity index (χ0) is 32.3. The molecule has 3 aromatic carbocycles. The summed E-state index contributed by atoms with van der Waals surface area (Å²) in [5.41, 5.74) is 0.196. The Balaban J connectivity index is 0.000000978. The number of sulfonamides is 2. The predicted molar refractivity (Wildman–Crippen MR) is 166 cm³/mol. The van der Waals surface area contributed by atoms with E-state index in [2.05, 4.69) is 20.1 Å². The SMILES string of the molecule is CCOC=O.COc1cc(NS(=O)(=O)c2ccc(Cl)cc2)c(C(=O)Nc2ccc(S(=O)(=O)N3CCNCC3)cc2)cc1OC. The van der Waals surface area contributed by atoms with E-state index >= 15 is 0 Å². The highest BCUT2D eigenvalue weighted by Gasteiger charge is 2.26. The molecule has 1 fully saturated rings. The lowest BCUT2D eigenvalue weighted by molar-refractivity contribution is -0.128. The van der Waals surface area contributed by atoms with Crippen molar-refractivity contribution in [2.75, 3.05) is 57.0 Å². The van der Waals surface area contributed by atoms with Crippen LogP contribution in [-0.2, 0) is 29.6 Å². The summed E-state index contributed by atoms with van der Waals surface area (Å²) in [5, 5.41) is 6.15. The van der Waals surface area contributed by atoms with Crippen molar-refractivity contribution < 1.29 is 40.6 Å². The van der Waals surface area contributed by atoms with Crippen molar-refractivity contribution in [3.05, 3.63) is 71.2 Å². The summed E-state index contributed by atoms with van der Waals surface area (Å²) in [7, 11) is -5.00. The number of rotatable bonds is 11. The van der Waals surface area contributed by atoms with Crippen LogP contribution in [0.3, 0.4) is 0 Å². The molecule has 0 bridgehead atoms. The summed E-state index contributed by atoms with van der Waals surface area (Å²) in [6.45, 7) is 4.55. The summed E-state index contributed by atoms with van der Waals surface area (Å²) in [6, 6.07) is 14.0. The maximum atomic E-state index is 13.3. The van der Waals surface area contributed by atoms with E-state index in [0.717, 1.165) is 0 Å². The van der Waals surface area contributed by atoms with Gasteiger partial charge >= 0.3 is 0 Å². The van der Waals surface area contributed by atoms with Gasteiger partial charge in [0.25, 0.3) is 22.4 Å². The summed E-state index contributed by atoms with van der Waals surface area (Å²) >= 11 is 5.88. The maximum absolute atomic E-state index is 13.3. The molecule has 0 saturated carbocycles. The van der Waals surface area contributed by atoms with Crippen molar-refractivity contribution in [2.45, 2.75) is 16.7 Å². The summed E-state index contributed by atoms with van der Waals surface area (Å²) < 4.78 is 70.4. The van der Waals surface area contributed by atoms with E-state index in [1.165, 1.54) is 79.2 Å². The van der Waals surface area contributed by atoms with Crippen LogP contribution in [0.25, 0.3) is 0 Å². The Bertz CT molecular complexity index is 1650. The Labute approximate surface area is 261 Å². The van der Waals surface area contributed by atoms with E-state index in [1.54, 1.807) is 6.92 Å². The Morgan fingerprint density at radius 3 is 2.02 bits per heavy atom. The van der Waals surface area contributed by atoms with Gasteiger partial charge in [-0.1, -0.05) is 11.6 Å². The number of carbonyl (C=O) groups excluding carboxylic acids is 2. The Hall–Kier alpha value is -3.89. The third kappa shape index (κ3) is 8.83. The van der Waals surface area contributed by atoms with Crippen LogP contribution in [0.4, 0.5) is 11.4 Å². The second-order valence-corrected chi connectivity index (χ2v) is 13.1. The van der Waals surface area contributed by atoms with Gasteiger partial charge in [-0.2, -0.15) is 4.31 Å². The maximum Gasteiger partial charge on any atom is 0.293 e. The van der Waals surface area contributed by atoms with Gasteiger partial charge in [-0.3, -0.25) is 14.3 Å². The summed E-state index contributed by atoms with van der Waals surface area (Å²) in [5.74, 6) is -0.262. The second kappa shape index (κ2) is 15.7. The first-order valence-corrected chi connectivity index (χ1v) is 16.5. The molecule has 3 aromatic rings. The fourth-order valence-electron chi connectivity index (χ4n) is 3.98. The van der Waals surface area contributed by atoms with E-state index in [0.29, 0.717) is 50.0 Å². The molecule has 0 aliphatic carbocycles. The molecule has 0 spiro atoms. The molecule has 1 aliphatic heterocycles. The average molecular weight is 669 g/mol. The lowest BCUT2D eigenvalue weighted by Gasteiger charge is -2.26. The number of benzene rings is 3. The lowest BCUT2D eigenvalue weighted by atomic mass is 10.1. The minimum absolute atomic E-state index is 0.0531. The molecule has 0 radical (unpaired) electrons. The second-order valence-electron chi connectivity index (χ2n) is 9.00. The molecule has 1 aliphatic rings. The van der Waals surface area contributed by atoms with E-state index in [1.807, 2.05) is 0 Å². The largest absolute Gasteiger partial charge is 0.493 e. The highest BCUT2D eigenvalue weighted by atomic mass is 35.5. The van der Waals surface area contributed by atoms with Crippen LogP contribution in [0.5, 0.6) is 11.5 Å². The number of methoxy groups -OCH3 is 2. The zero-order valence-electron chi connectivity index (χ0n) is 24.2. The minimum atomic E-state index is -4.10. The molecule has 0 aromatic heterocycles.